The van der Waals surface area contributed by atoms with Gasteiger partial charge in [0.1, 0.15) is 11.5 Å². The predicted molar refractivity (Wildman–Crippen MR) is 122 cm³/mol. The lowest BCUT2D eigenvalue weighted by molar-refractivity contribution is -0.122. The first-order chi connectivity index (χ1) is 14.6. The van der Waals surface area contributed by atoms with Gasteiger partial charge in [-0.3, -0.25) is 15.6 Å². The Kier molecular flexibility index (Phi) is 7.24. The van der Waals surface area contributed by atoms with Crippen LogP contribution in [0.3, 0.4) is 0 Å². The molecule has 3 N–H and O–H groups in total. The van der Waals surface area contributed by atoms with Crippen molar-refractivity contribution in [2.24, 2.45) is 0 Å². The van der Waals surface area contributed by atoms with Gasteiger partial charge in [-0.2, -0.15) is 0 Å². The Bertz CT molecular complexity index is 958. The van der Waals surface area contributed by atoms with Crippen molar-refractivity contribution in [1.82, 2.24) is 10.9 Å². The van der Waals surface area contributed by atoms with Crippen LogP contribution in [0.2, 0.25) is 0 Å². The molecule has 154 valence electrons. The van der Waals surface area contributed by atoms with E-state index in [9.17, 15) is 4.79 Å². The molecule has 0 aliphatic carbocycles. The van der Waals surface area contributed by atoms with Gasteiger partial charge in [-0.25, -0.2) is 0 Å². The molecule has 0 saturated heterocycles. The highest BCUT2D eigenvalue weighted by Gasteiger charge is 2.22. The minimum Gasteiger partial charge on any atom is -0.497 e. The molecule has 0 saturated carbocycles. The van der Waals surface area contributed by atoms with Crippen molar-refractivity contribution in [1.29, 1.82) is 0 Å². The topological polar surface area (TPSA) is 71.6 Å². The summed E-state index contributed by atoms with van der Waals surface area (Å²) in [6.45, 7) is 0. The van der Waals surface area contributed by atoms with E-state index in [0.29, 0.717) is 17.2 Å². The lowest BCUT2D eigenvalue weighted by atomic mass is 9.91. The number of anilines is 1. The Morgan fingerprint density at radius 1 is 0.833 bits per heavy atom. The summed E-state index contributed by atoms with van der Waals surface area (Å²) in [7, 11) is 3.14. The van der Waals surface area contributed by atoms with Crippen molar-refractivity contribution >= 4 is 28.9 Å². The highest BCUT2D eigenvalue weighted by atomic mass is 32.1. The Morgan fingerprint density at radius 2 is 1.43 bits per heavy atom. The second-order valence-corrected chi connectivity index (χ2v) is 6.80. The molecule has 0 heterocycles. The molecule has 3 rings (SSSR count). The average molecular weight is 422 g/mol. The van der Waals surface area contributed by atoms with Gasteiger partial charge in [-0.15, -0.1) is 0 Å². The fourth-order valence-electron chi connectivity index (χ4n) is 3.04. The Balaban J connectivity index is 1.71. The van der Waals surface area contributed by atoms with Crippen LogP contribution in [0.1, 0.15) is 17.0 Å². The second-order valence-electron chi connectivity index (χ2n) is 6.39. The number of nitrogens with one attached hydrogen (secondary N) is 3. The molecule has 0 aliphatic rings. The largest absolute Gasteiger partial charge is 0.497 e. The zero-order valence-electron chi connectivity index (χ0n) is 16.7. The summed E-state index contributed by atoms with van der Waals surface area (Å²) < 4.78 is 10.6. The predicted octanol–water partition coefficient (Wildman–Crippen LogP) is 3.85. The van der Waals surface area contributed by atoms with Crippen molar-refractivity contribution in [3.8, 4) is 11.5 Å². The molecule has 0 radical (unpaired) electrons. The smallest absolute Gasteiger partial charge is 0.250 e. The van der Waals surface area contributed by atoms with Gasteiger partial charge in [0.2, 0.25) is 5.91 Å². The van der Waals surface area contributed by atoms with Crippen LogP contribution >= 0.6 is 12.2 Å². The number of rotatable bonds is 6. The fraction of sp³-hybridized carbons (Fsp3) is 0.130. The summed E-state index contributed by atoms with van der Waals surface area (Å²) in [5.41, 5.74) is 7.85. The zero-order chi connectivity index (χ0) is 21.3. The molecule has 0 atom stereocenters. The van der Waals surface area contributed by atoms with Crippen LogP contribution in [-0.4, -0.2) is 25.2 Å². The Morgan fingerprint density at radius 3 is 1.97 bits per heavy atom. The molecule has 6 nitrogen and oxygen atoms in total. The molecule has 0 spiro atoms. The highest BCUT2D eigenvalue weighted by molar-refractivity contribution is 7.80. The van der Waals surface area contributed by atoms with E-state index in [1.54, 1.807) is 32.4 Å². The monoisotopic (exact) mass is 421 g/mol. The summed E-state index contributed by atoms with van der Waals surface area (Å²) in [4.78, 5) is 13.0. The van der Waals surface area contributed by atoms with Gasteiger partial charge in [-0.1, -0.05) is 60.7 Å². The molecule has 0 aromatic heterocycles. The Hall–Kier alpha value is -3.58. The summed E-state index contributed by atoms with van der Waals surface area (Å²) in [6, 6.07) is 24.5. The number of carbonyl (C=O) groups is 1. The van der Waals surface area contributed by atoms with Crippen molar-refractivity contribution in [3.05, 3.63) is 90.0 Å². The first-order valence-corrected chi connectivity index (χ1v) is 9.72. The quantitative estimate of drug-likeness (QED) is 0.415. The normalized spacial score (nSPS) is 10.2. The number of benzene rings is 3. The van der Waals surface area contributed by atoms with Crippen LogP contribution in [0, 0.1) is 0 Å². The number of hydrogen-bond donors (Lipinski definition) is 3. The maximum atomic E-state index is 13.0. The van der Waals surface area contributed by atoms with E-state index < -0.39 is 5.92 Å². The number of ether oxygens (including phenoxy) is 2. The number of amides is 1. The lowest BCUT2D eigenvalue weighted by Crippen LogP contribution is -2.46. The van der Waals surface area contributed by atoms with Crippen LogP contribution in [0.5, 0.6) is 11.5 Å². The number of hydrazine groups is 1. The average Bonchev–Trinajstić information content (AvgIpc) is 2.79. The number of carbonyl (C=O) groups excluding carboxylic acids is 1. The third kappa shape index (κ3) is 5.27. The fourth-order valence-corrected chi connectivity index (χ4v) is 3.20. The SMILES string of the molecule is COc1ccc(OC)c(NC(=S)NNC(=O)C(c2ccccc2)c2ccccc2)c1. The van der Waals surface area contributed by atoms with Gasteiger partial charge >= 0.3 is 0 Å². The summed E-state index contributed by atoms with van der Waals surface area (Å²) in [5.74, 6) is 0.541. The van der Waals surface area contributed by atoms with Crippen LogP contribution in [0.4, 0.5) is 5.69 Å². The van der Waals surface area contributed by atoms with Crippen molar-refractivity contribution < 1.29 is 14.3 Å². The number of hydrogen-bond acceptors (Lipinski definition) is 4. The first-order valence-electron chi connectivity index (χ1n) is 9.31. The van der Waals surface area contributed by atoms with Gasteiger partial charge in [0.15, 0.2) is 5.11 Å². The van der Waals surface area contributed by atoms with Gasteiger partial charge in [-0.05, 0) is 35.5 Å². The van der Waals surface area contributed by atoms with Crippen LogP contribution in [0.15, 0.2) is 78.9 Å². The lowest BCUT2D eigenvalue weighted by Gasteiger charge is -2.19. The second kappa shape index (κ2) is 10.3. The first kappa shape index (κ1) is 21.1. The maximum absolute atomic E-state index is 13.0. The van der Waals surface area contributed by atoms with Crippen LogP contribution in [-0.2, 0) is 4.79 Å². The summed E-state index contributed by atoms with van der Waals surface area (Å²) >= 11 is 5.33. The van der Waals surface area contributed by atoms with Crippen molar-refractivity contribution in [2.75, 3.05) is 19.5 Å². The minimum atomic E-state index is -0.478. The third-order valence-corrected chi connectivity index (χ3v) is 4.69. The molecule has 1 amide bonds. The van der Waals surface area contributed by atoms with E-state index in [1.165, 1.54) is 0 Å². The molecular formula is C23H23N3O3S. The maximum Gasteiger partial charge on any atom is 0.250 e. The van der Waals surface area contributed by atoms with E-state index in [4.69, 9.17) is 21.7 Å². The molecule has 7 heteroatoms. The van der Waals surface area contributed by atoms with Crippen LogP contribution in [0.25, 0.3) is 0 Å². The number of thiocarbonyl (C=S) groups is 1. The number of methoxy groups -OCH3 is 2. The molecule has 30 heavy (non-hydrogen) atoms. The summed E-state index contributed by atoms with van der Waals surface area (Å²) in [6.07, 6.45) is 0. The molecule has 3 aromatic carbocycles. The van der Waals surface area contributed by atoms with E-state index in [2.05, 4.69) is 16.2 Å². The van der Waals surface area contributed by atoms with E-state index >= 15 is 0 Å². The van der Waals surface area contributed by atoms with E-state index in [-0.39, 0.29) is 11.0 Å². The third-order valence-electron chi connectivity index (χ3n) is 4.48. The Labute approximate surface area is 181 Å². The van der Waals surface area contributed by atoms with Gasteiger partial charge in [0.25, 0.3) is 0 Å². The molecule has 0 unspecified atom stereocenters. The van der Waals surface area contributed by atoms with E-state index in [0.717, 1.165) is 11.1 Å². The minimum absolute atomic E-state index is 0.217. The highest BCUT2D eigenvalue weighted by Crippen LogP contribution is 2.29. The molecule has 3 aromatic rings. The molecule has 0 aliphatic heterocycles. The van der Waals surface area contributed by atoms with Crippen molar-refractivity contribution in [2.45, 2.75) is 5.92 Å². The molecule has 0 bridgehead atoms. The van der Waals surface area contributed by atoms with Gasteiger partial charge < -0.3 is 14.8 Å². The van der Waals surface area contributed by atoms with Gasteiger partial charge in [0.05, 0.1) is 25.8 Å². The van der Waals surface area contributed by atoms with Crippen molar-refractivity contribution in [3.63, 3.8) is 0 Å². The molecular weight excluding hydrogens is 398 g/mol. The standard InChI is InChI=1S/C23H23N3O3S/c1-28-18-13-14-20(29-2)19(15-18)24-23(30)26-25-22(27)21(16-9-5-3-6-10-16)17-11-7-4-8-12-17/h3-15,21H,1-2H3,(H,25,27)(H2,24,26,30). The molecule has 0 fully saturated rings. The van der Waals surface area contributed by atoms with E-state index in [1.807, 2.05) is 60.7 Å². The zero-order valence-corrected chi connectivity index (χ0v) is 17.5. The van der Waals surface area contributed by atoms with Crippen LogP contribution < -0.4 is 25.6 Å². The summed E-state index contributed by atoms with van der Waals surface area (Å²) in [5, 5.41) is 3.23. The van der Waals surface area contributed by atoms with Gasteiger partial charge in [0, 0.05) is 6.07 Å².